The van der Waals surface area contributed by atoms with Crippen molar-refractivity contribution in [1.82, 2.24) is 4.90 Å². The number of fused-ring (bicyclic) bond motifs is 1. The molecule has 2 heteroatoms. The summed E-state index contributed by atoms with van der Waals surface area (Å²) in [4.78, 5) is 14.3. The van der Waals surface area contributed by atoms with Crippen molar-refractivity contribution in [1.29, 1.82) is 0 Å². The number of hydrogen-bond acceptors (Lipinski definition) is 1. The fourth-order valence-corrected chi connectivity index (χ4v) is 4.42. The minimum atomic E-state index is 0.233. The van der Waals surface area contributed by atoms with E-state index in [4.69, 9.17) is 6.42 Å². The molecule has 4 unspecified atom stereocenters. The first-order chi connectivity index (χ1) is 10.2. The van der Waals surface area contributed by atoms with Gasteiger partial charge < -0.3 is 4.90 Å². The fourth-order valence-electron chi connectivity index (χ4n) is 4.42. The molecule has 2 aliphatic rings. The van der Waals surface area contributed by atoms with Crippen LogP contribution in [0.2, 0.25) is 0 Å². The molecule has 1 saturated heterocycles. The molecule has 1 aliphatic heterocycles. The van der Waals surface area contributed by atoms with Gasteiger partial charge in [-0.2, -0.15) is 0 Å². The van der Waals surface area contributed by atoms with Crippen LogP contribution in [-0.4, -0.2) is 22.9 Å². The van der Waals surface area contributed by atoms with Crippen molar-refractivity contribution in [3.63, 3.8) is 0 Å². The molecule has 1 heterocycles. The lowest BCUT2D eigenvalue weighted by Crippen LogP contribution is -2.55. The summed E-state index contributed by atoms with van der Waals surface area (Å²) in [7, 11) is 0. The van der Waals surface area contributed by atoms with Crippen molar-refractivity contribution in [2.75, 3.05) is 0 Å². The first-order valence-corrected chi connectivity index (χ1v) is 8.20. The molecule has 21 heavy (non-hydrogen) atoms. The van der Waals surface area contributed by atoms with Crippen molar-refractivity contribution in [3.8, 4) is 12.3 Å². The molecule has 2 nitrogen and oxygen atoms in total. The summed E-state index contributed by atoms with van der Waals surface area (Å²) >= 11 is 0. The standard InChI is InChI=1S/C19H27NO/c1-4-6-7-10-16-11-8-12-19-18(16)14-13-17(9-5-2)20(19)15(3)21/h1,5-7,16-19H,2,8-14H2,3H3/b7-6-. The summed E-state index contributed by atoms with van der Waals surface area (Å²) in [6, 6.07) is 0.792. The van der Waals surface area contributed by atoms with Crippen LogP contribution in [0.25, 0.3) is 0 Å². The van der Waals surface area contributed by atoms with Crippen LogP contribution in [0.5, 0.6) is 0 Å². The highest BCUT2D eigenvalue weighted by molar-refractivity contribution is 5.74. The van der Waals surface area contributed by atoms with Crippen LogP contribution in [0, 0.1) is 24.2 Å². The Morgan fingerprint density at radius 1 is 1.33 bits per heavy atom. The largest absolute Gasteiger partial charge is 0.336 e. The summed E-state index contributed by atoms with van der Waals surface area (Å²) in [5.41, 5.74) is 0. The van der Waals surface area contributed by atoms with Crippen LogP contribution in [0.15, 0.2) is 24.8 Å². The van der Waals surface area contributed by atoms with E-state index in [-0.39, 0.29) is 5.91 Å². The molecular weight excluding hydrogens is 258 g/mol. The number of amides is 1. The Hall–Kier alpha value is -1.49. The summed E-state index contributed by atoms with van der Waals surface area (Å²) in [6.07, 6.45) is 19.2. The Morgan fingerprint density at radius 3 is 2.81 bits per heavy atom. The Bertz CT molecular complexity index is 445. The number of carbonyl (C=O) groups excluding carboxylic acids is 1. The van der Waals surface area contributed by atoms with E-state index >= 15 is 0 Å². The number of hydrogen-bond donors (Lipinski definition) is 0. The van der Waals surface area contributed by atoms with Gasteiger partial charge in [-0.1, -0.05) is 24.5 Å². The lowest BCUT2D eigenvalue weighted by atomic mass is 9.68. The molecule has 1 saturated carbocycles. The Labute approximate surface area is 129 Å². The van der Waals surface area contributed by atoms with Gasteiger partial charge in [0.2, 0.25) is 5.91 Å². The fraction of sp³-hybridized carbons (Fsp3) is 0.632. The third-order valence-electron chi connectivity index (χ3n) is 5.21. The molecule has 0 N–H and O–H groups in total. The maximum atomic E-state index is 12.2. The normalized spacial score (nSPS) is 32.5. The second-order valence-electron chi connectivity index (χ2n) is 6.41. The lowest BCUT2D eigenvalue weighted by Gasteiger charge is -2.51. The van der Waals surface area contributed by atoms with Gasteiger partial charge in [0.05, 0.1) is 0 Å². The molecule has 1 aliphatic carbocycles. The zero-order chi connectivity index (χ0) is 15.2. The van der Waals surface area contributed by atoms with E-state index in [2.05, 4.69) is 23.5 Å². The minimum absolute atomic E-state index is 0.233. The minimum Gasteiger partial charge on any atom is -0.336 e. The van der Waals surface area contributed by atoms with Crippen molar-refractivity contribution in [2.45, 2.75) is 64.0 Å². The molecule has 0 spiro atoms. The molecule has 2 fully saturated rings. The maximum absolute atomic E-state index is 12.2. The van der Waals surface area contributed by atoms with E-state index in [0.717, 1.165) is 25.7 Å². The smallest absolute Gasteiger partial charge is 0.219 e. The van der Waals surface area contributed by atoms with Crippen LogP contribution in [0.3, 0.4) is 0 Å². The predicted molar refractivity (Wildman–Crippen MR) is 87.6 cm³/mol. The van der Waals surface area contributed by atoms with Crippen molar-refractivity contribution in [3.05, 3.63) is 24.8 Å². The summed E-state index contributed by atoms with van der Waals surface area (Å²) in [6.45, 7) is 5.57. The third-order valence-corrected chi connectivity index (χ3v) is 5.21. The van der Waals surface area contributed by atoms with Crippen molar-refractivity contribution >= 4 is 5.91 Å². The van der Waals surface area contributed by atoms with Crippen LogP contribution in [0.4, 0.5) is 0 Å². The second kappa shape index (κ2) is 7.50. The molecule has 0 radical (unpaired) electrons. The number of allylic oxidation sites excluding steroid dienone is 2. The first-order valence-electron chi connectivity index (χ1n) is 8.20. The van der Waals surface area contributed by atoms with Gasteiger partial charge in [-0.05, 0) is 56.4 Å². The van der Waals surface area contributed by atoms with Gasteiger partial charge in [-0.3, -0.25) is 4.79 Å². The number of rotatable bonds is 4. The van der Waals surface area contributed by atoms with E-state index in [1.165, 1.54) is 19.3 Å². The van der Waals surface area contributed by atoms with Crippen molar-refractivity contribution < 1.29 is 4.79 Å². The van der Waals surface area contributed by atoms with Gasteiger partial charge in [-0.25, -0.2) is 0 Å². The molecule has 1 amide bonds. The highest BCUT2D eigenvalue weighted by Gasteiger charge is 2.42. The molecule has 0 aromatic heterocycles. The zero-order valence-electron chi connectivity index (χ0n) is 13.1. The van der Waals surface area contributed by atoms with Crippen LogP contribution >= 0.6 is 0 Å². The van der Waals surface area contributed by atoms with Crippen LogP contribution in [0.1, 0.15) is 51.9 Å². The summed E-state index contributed by atoms with van der Waals surface area (Å²) in [5, 5.41) is 0. The number of terminal acetylenes is 1. The number of piperidine rings is 1. The average Bonchev–Trinajstić information content (AvgIpc) is 2.47. The SMILES string of the molecule is C#C/C=C\CC1CCCC2C1CCC(CC=C)N2C(C)=O. The first kappa shape index (κ1) is 15.9. The number of nitrogens with zero attached hydrogens (tertiary/aromatic N) is 1. The van der Waals surface area contributed by atoms with Gasteiger partial charge in [0, 0.05) is 19.0 Å². The van der Waals surface area contributed by atoms with Gasteiger partial charge in [0.15, 0.2) is 0 Å². The highest BCUT2D eigenvalue weighted by Crippen LogP contribution is 2.43. The molecule has 0 bridgehead atoms. The monoisotopic (exact) mass is 285 g/mol. The van der Waals surface area contributed by atoms with E-state index in [1.54, 1.807) is 6.92 Å². The van der Waals surface area contributed by atoms with Gasteiger partial charge in [-0.15, -0.1) is 13.0 Å². The summed E-state index contributed by atoms with van der Waals surface area (Å²) in [5.74, 6) is 4.13. The van der Waals surface area contributed by atoms with Gasteiger partial charge >= 0.3 is 0 Å². The summed E-state index contributed by atoms with van der Waals surface area (Å²) < 4.78 is 0. The van der Waals surface area contributed by atoms with Crippen LogP contribution < -0.4 is 0 Å². The molecule has 114 valence electrons. The van der Waals surface area contributed by atoms with E-state index < -0.39 is 0 Å². The van der Waals surface area contributed by atoms with Crippen molar-refractivity contribution in [2.24, 2.45) is 11.8 Å². The number of carbonyl (C=O) groups is 1. The lowest BCUT2D eigenvalue weighted by molar-refractivity contribution is -0.140. The second-order valence-corrected chi connectivity index (χ2v) is 6.41. The number of likely N-dealkylation sites (tertiary alicyclic amines) is 1. The predicted octanol–water partition coefficient (Wildman–Crippen LogP) is 3.94. The van der Waals surface area contributed by atoms with E-state index in [1.807, 2.05) is 12.2 Å². The Morgan fingerprint density at radius 2 is 2.14 bits per heavy atom. The molecule has 2 rings (SSSR count). The Balaban J connectivity index is 2.13. The topological polar surface area (TPSA) is 20.3 Å². The highest BCUT2D eigenvalue weighted by atomic mass is 16.2. The van der Waals surface area contributed by atoms with Gasteiger partial charge in [0.1, 0.15) is 0 Å². The van der Waals surface area contributed by atoms with E-state index in [0.29, 0.717) is 23.9 Å². The molecule has 0 aromatic carbocycles. The van der Waals surface area contributed by atoms with E-state index in [9.17, 15) is 4.79 Å². The molecule has 0 aromatic rings. The maximum Gasteiger partial charge on any atom is 0.219 e. The average molecular weight is 285 g/mol. The third kappa shape index (κ3) is 3.59. The molecule has 4 atom stereocenters. The Kier molecular flexibility index (Phi) is 5.67. The van der Waals surface area contributed by atoms with Crippen LogP contribution in [-0.2, 0) is 4.79 Å². The molecular formula is C19H27NO. The quantitative estimate of drug-likeness (QED) is 0.566. The van der Waals surface area contributed by atoms with Gasteiger partial charge in [0.25, 0.3) is 0 Å². The zero-order valence-corrected chi connectivity index (χ0v) is 13.1.